The highest BCUT2D eigenvalue weighted by molar-refractivity contribution is 5.97. The maximum atomic E-state index is 13.4. The second-order valence-electron chi connectivity index (χ2n) is 9.81. The number of carbonyl (C=O) groups is 1. The number of aliphatic hydroxyl groups is 1. The van der Waals surface area contributed by atoms with E-state index in [-0.39, 0.29) is 18.0 Å². The smallest absolute Gasteiger partial charge is 0.256 e. The molecule has 1 aliphatic heterocycles. The van der Waals surface area contributed by atoms with Crippen LogP contribution in [0.3, 0.4) is 0 Å². The van der Waals surface area contributed by atoms with E-state index in [4.69, 9.17) is 4.74 Å². The Kier molecular flexibility index (Phi) is 4.28. The van der Waals surface area contributed by atoms with Crippen molar-refractivity contribution in [3.8, 4) is 5.82 Å². The molecule has 0 unspecified atom stereocenters. The Morgan fingerprint density at radius 3 is 2.60 bits per heavy atom. The molecule has 1 amide bonds. The summed E-state index contributed by atoms with van der Waals surface area (Å²) >= 11 is 0. The Balaban J connectivity index is 1.29. The van der Waals surface area contributed by atoms with Crippen LogP contribution in [0.15, 0.2) is 24.7 Å². The molecule has 160 valence electrons. The number of amides is 1. The van der Waals surface area contributed by atoms with Crippen LogP contribution in [0.2, 0.25) is 0 Å². The number of nitrogens with zero attached hydrogens (tertiary/aromatic N) is 4. The fourth-order valence-electron chi connectivity index (χ4n) is 6.78. The summed E-state index contributed by atoms with van der Waals surface area (Å²) in [5.74, 6) is 2.03. The number of ether oxygens (including phenoxy) is 1. The topological polar surface area (TPSA) is 94.2 Å². The third-order valence-electron chi connectivity index (χ3n) is 7.81. The number of nitrogens with one attached hydrogen (secondary N) is 1. The van der Waals surface area contributed by atoms with Gasteiger partial charge in [-0.3, -0.25) is 4.79 Å². The van der Waals surface area contributed by atoms with E-state index in [1.807, 2.05) is 16.9 Å². The molecule has 1 saturated heterocycles. The van der Waals surface area contributed by atoms with Gasteiger partial charge in [0.2, 0.25) is 0 Å². The quantitative estimate of drug-likeness (QED) is 0.804. The normalized spacial score (nSPS) is 35.6. The van der Waals surface area contributed by atoms with Gasteiger partial charge in [0.1, 0.15) is 5.56 Å². The van der Waals surface area contributed by atoms with Crippen molar-refractivity contribution in [3.05, 3.63) is 30.2 Å². The first-order chi connectivity index (χ1) is 14.6. The molecule has 2 atom stereocenters. The molecule has 2 N–H and O–H groups in total. The molecule has 0 aromatic carbocycles. The van der Waals surface area contributed by atoms with Crippen molar-refractivity contribution < 1.29 is 14.6 Å². The van der Waals surface area contributed by atoms with Crippen molar-refractivity contribution in [1.29, 1.82) is 0 Å². The van der Waals surface area contributed by atoms with Gasteiger partial charge in [-0.05, 0) is 68.8 Å². The Morgan fingerprint density at radius 1 is 1.17 bits per heavy atom. The van der Waals surface area contributed by atoms with E-state index in [1.165, 1.54) is 0 Å². The molecule has 0 spiro atoms. The van der Waals surface area contributed by atoms with Crippen LogP contribution in [0.1, 0.15) is 61.3 Å². The van der Waals surface area contributed by atoms with Crippen LogP contribution in [-0.2, 0) is 4.74 Å². The molecule has 8 nitrogen and oxygen atoms in total. The van der Waals surface area contributed by atoms with Crippen LogP contribution in [-0.4, -0.2) is 55.4 Å². The highest BCUT2D eigenvalue weighted by Crippen LogP contribution is 2.55. The summed E-state index contributed by atoms with van der Waals surface area (Å²) in [6, 6.07) is 2.21. The van der Waals surface area contributed by atoms with Crippen LogP contribution in [0.25, 0.3) is 5.82 Å². The number of hydrogen-bond donors (Lipinski definition) is 2. The molecule has 5 aliphatic rings. The van der Waals surface area contributed by atoms with Gasteiger partial charge in [-0.15, -0.1) is 0 Å². The van der Waals surface area contributed by atoms with Gasteiger partial charge in [0.15, 0.2) is 5.82 Å². The molecule has 4 saturated carbocycles. The molecular formula is C22H29N5O3. The van der Waals surface area contributed by atoms with Crippen LogP contribution < -0.4 is 5.32 Å². The van der Waals surface area contributed by atoms with E-state index in [0.29, 0.717) is 36.5 Å². The molecule has 30 heavy (non-hydrogen) atoms. The summed E-state index contributed by atoms with van der Waals surface area (Å²) in [5, 5.41) is 23.2. The lowest BCUT2D eigenvalue weighted by Gasteiger charge is -2.58. The molecule has 0 radical (unpaired) electrons. The van der Waals surface area contributed by atoms with Crippen molar-refractivity contribution in [2.45, 2.75) is 62.6 Å². The predicted molar refractivity (Wildman–Crippen MR) is 108 cm³/mol. The Labute approximate surface area is 175 Å². The highest BCUT2D eigenvalue weighted by atomic mass is 16.5. The molecular weight excluding hydrogens is 382 g/mol. The monoisotopic (exact) mass is 411 g/mol. The minimum Gasteiger partial charge on any atom is -0.390 e. The molecule has 2 aromatic rings. The van der Waals surface area contributed by atoms with Crippen molar-refractivity contribution >= 4 is 5.91 Å². The minimum absolute atomic E-state index is 0.0803. The third kappa shape index (κ3) is 3.00. The number of carbonyl (C=O) groups excluding carboxylic acids is 1. The number of rotatable bonds is 4. The van der Waals surface area contributed by atoms with E-state index < -0.39 is 5.60 Å². The molecule has 3 heterocycles. The first kappa shape index (κ1) is 18.6. The molecule has 4 bridgehead atoms. The van der Waals surface area contributed by atoms with Crippen molar-refractivity contribution in [2.24, 2.45) is 17.8 Å². The largest absolute Gasteiger partial charge is 0.390 e. The summed E-state index contributed by atoms with van der Waals surface area (Å²) in [7, 11) is 0. The van der Waals surface area contributed by atoms with Crippen LogP contribution in [0, 0.1) is 17.8 Å². The first-order valence-electron chi connectivity index (χ1n) is 11.3. The SMILES string of the molecule is O=C(NC1[C@H]2CC3C[C@H]1CC(O)(C3)C2)c1cnn(C2CCOCC2)c1-n1cccn1. The Morgan fingerprint density at radius 2 is 1.93 bits per heavy atom. The van der Waals surface area contributed by atoms with Gasteiger partial charge < -0.3 is 15.2 Å². The van der Waals surface area contributed by atoms with Gasteiger partial charge >= 0.3 is 0 Å². The van der Waals surface area contributed by atoms with E-state index in [9.17, 15) is 9.90 Å². The molecule has 8 heteroatoms. The lowest BCUT2D eigenvalue weighted by atomic mass is 9.52. The third-order valence-corrected chi connectivity index (χ3v) is 7.81. The second-order valence-corrected chi connectivity index (χ2v) is 9.81. The zero-order chi connectivity index (χ0) is 20.3. The average Bonchev–Trinajstić information content (AvgIpc) is 3.39. The van der Waals surface area contributed by atoms with Crippen molar-refractivity contribution in [1.82, 2.24) is 24.9 Å². The Hall–Kier alpha value is -2.19. The lowest BCUT2D eigenvalue weighted by Crippen LogP contribution is -2.61. The second kappa shape index (κ2) is 6.92. The van der Waals surface area contributed by atoms with Gasteiger partial charge in [-0.25, -0.2) is 9.36 Å². The number of hydrogen-bond acceptors (Lipinski definition) is 5. The van der Waals surface area contributed by atoms with Gasteiger partial charge in [-0.1, -0.05) is 0 Å². The highest BCUT2D eigenvalue weighted by Gasteiger charge is 2.55. The van der Waals surface area contributed by atoms with Gasteiger partial charge in [-0.2, -0.15) is 10.2 Å². The predicted octanol–water partition coefficient (Wildman–Crippen LogP) is 2.09. The zero-order valence-electron chi connectivity index (χ0n) is 17.1. The maximum Gasteiger partial charge on any atom is 0.256 e. The molecule has 5 fully saturated rings. The summed E-state index contributed by atoms with van der Waals surface area (Å²) in [6.07, 6.45) is 11.9. The van der Waals surface area contributed by atoms with E-state index in [2.05, 4.69) is 15.5 Å². The minimum atomic E-state index is -0.494. The number of aromatic nitrogens is 4. The fraction of sp³-hybridized carbons (Fsp3) is 0.682. The summed E-state index contributed by atoms with van der Waals surface area (Å²) in [4.78, 5) is 13.4. The molecule has 2 aromatic heterocycles. The summed E-state index contributed by atoms with van der Waals surface area (Å²) in [6.45, 7) is 1.42. The van der Waals surface area contributed by atoms with Crippen LogP contribution in [0.5, 0.6) is 0 Å². The standard InChI is InChI=1S/C22H29N5O3/c28-20(25-19-15-8-14-9-16(19)12-22(29,10-14)11-15)18-13-24-27(17-2-6-30-7-3-17)21(18)26-5-1-4-23-26/h1,4-5,13-17,19,29H,2-3,6-12H2,(H,25,28)/t14?,15-,16-,19?,22?/m0/s1. The van der Waals surface area contributed by atoms with Gasteiger partial charge in [0.05, 0.1) is 17.8 Å². The summed E-state index contributed by atoms with van der Waals surface area (Å²) < 4.78 is 9.20. The van der Waals surface area contributed by atoms with Crippen LogP contribution >= 0.6 is 0 Å². The first-order valence-corrected chi connectivity index (χ1v) is 11.3. The van der Waals surface area contributed by atoms with E-state index in [1.54, 1.807) is 17.1 Å². The maximum absolute atomic E-state index is 13.4. The van der Waals surface area contributed by atoms with Crippen LogP contribution in [0.4, 0.5) is 0 Å². The van der Waals surface area contributed by atoms with E-state index in [0.717, 1.165) is 50.8 Å². The van der Waals surface area contributed by atoms with Gasteiger partial charge in [0.25, 0.3) is 5.91 Å². The Bertz CT molecular complexity index is 917. The summed E-state index contributed by atoms with van der Waals surface area (Å²) in [5.41, 5.74) is 0.0732. The van der Waals surface area contributed by atoms with E-state index >= 15 is 0 Å². The van der Waals surface area contributed by atoms with Crippen molar-refractivity contribution in [3.63, 3.8) is 0 Å². The lowest BCUT2D eigenvalue weighted by molar-refractivity contribution is -0.136. The molecule has 7 rings (SSSR count). The van der Waals surface area contributed by atoms with Crippen molar-refractivity contribution in [2.75, 3.05) is 13.2 Å². The molecule has 4 aliphatic carbocycles. The zero-order valence-corrected chi connectivity index (χ0v) is 17.1. The van der Waals surface area contributed by atoms with Gasteiger partial charge in [0, 0.05) is 31.6 Å². The average molecular weight is 412 g/mol. The fourth-order valence-corrected chi connectivity index (χ4v) is 6.78.